The lowest BCUT2D eigenvalue weighted by atomic mass is 10.3. The smallest absolute Gasteiger partial charge is 0.257 e. The van der Waals surface area contributed by atoms with Gasteiger partial charge in [0.25, 0.3) is 5.91 Å². The van der Waals surface area contributed by atoms with Crippen molar-refractivity contribution in [2.75, 3.05) is 19.3 Å². The predicted octanol–water partition coefficient (Wildman–Crippen LogP) is 2.98. The summed E-state index contributed by atoms with van der Waals surface area (Å²) in [5.41, 5.74) is 1.62. The Balaban J connectivity index is 1.79. The molecule has 1 aliphatic rings. The molecule has 1 unspecified atom stereocenters. The van der Waals surface area contributed by atoms with Crippen LogP contribution in [0.5, 0.6) is 11.5 Å². The lowest BCUT2D eigenvalue weighted by Gasteiger charge is -2.35. The molecule has 1 atom stereocenters. The molecule has 0 aromatic heterocycles. The highest BCUT2D eigenvalue weighted by atomic mass is 31.2. The number of amides is 1. The van der Waals surface area contributed by atoms with Crippen molar-refractivity contribution in [3.8, 4) is 11.5 Å². The first-order valence-electron chi connectivity index (χ1n) is 8.23. The summed E-state index contributed by atoms with van der Waals surface area (Å²) >= 11 is 0. The van der Waals surface area contributed by atoms with Crippen LogP contribution in [0.1, 0.15) is 12.8 Å². The van der Waals surface area contributed by atoms with E-state index in [1.54, 1.807) is 34.4 Å². The fraction of sp³-hybridized carbons (Fsp3) is 0.278. The summed E-state index contributed by atoms with van der Waals surface area (Å²) < 4.78 is 21.0. The maximum Gasteiger partial charge on any atom is 0.257 e. The fourth-order valence-electron chi connectivity index (χ4n) is 2.98. The van der Waals surface area contributed by atoms with Gasteiger partial charge >= 0.3 is 0 Å². The summed E-state index contributed by atoms with van der Waals surface area (Å²) in [7, 11) is -2.84. The van der Waals surface area contributed by atoms with Crippen LogP contribution in [0.4, 0.5) is 0 Å². The van der Waals surface area contributed by atoms with Crippen LogP contribution in [0.25, 0.3) is 0 Å². The summed E-state index contributed by atoms with van der Waals surface area (Å²) in [6, 6.07) is 16.6. The van der Waals surface area contributed by atoms with Gasteiger partial charge in [0.05, 0.1) is 6.54 Å². The number of rotatable bonds is 5. The predicted molar refractivity (Wildman–Crippen MR) is 95.8 cm³/mol. The number of para-hydroxylation sites is 1. The van der Waals surface area contributed by atoms with Crippen molar-refractivity contribution in [3.63, 3.8) is 0 Å². The second-order valence-corrected chi connectivity index (χ2v) is 8.90. The summed E-state index contributed by atoms with van der Waals surface area (Å²) in [4.78, 5) is 11.5. The van der Waals surface area contributed by atoms with Crippen molar-refractivity contribution in [3.05, 3.63) is 54.6 Å². The zero-order chi connectivity index (χ0) is 17.7. The van der Waals surface area contributed by atoms with Crippen molar-refractivity contribution in [2.45, 2.75) is 12.8 Å². The van der Waals surface area contributed by atoms with Gasteiger partial charge in [-0.15, -0.1) is 0 Å². The first kappa shape index (κ1) is 17.7. The Labute approximate surface area is 146 Å². The zero-order valence-electron chi connectivity index (χ0n) is 13.8. The minimum absolute atomic E-state index is 0.0734. The minimum atomic E-state index is -2.84. The Kier molecular flexibility index (Phi) is 5.53. The topological polar surface area (TPSA) is 78.9 Å². The van der Waals surface area contributed by atoms with E-state index >= 15 is 0 Å². The molecular formula is C18H21N2O4P. The molecule has 1 heterocycles. The molecule has 7 heteroatoms. The summed E-state index contributed by atoms with van der Waals surface area (Å²) in [5.74, 6) is 0.852. The number of benzene rings is 2. The quantitative estimate of drug-likeness (QED) is 0.487. The van der Waals surface area contributed by atoms with Gasteiger partial charge in [0.15, 0.2) is 7.29 Å². The van der Waals surface area contributed by atoms with Crippen LogP contribution in [-0.4, -0.2) is 35.0 Å². The average molecular weight is 360 g/mol. The van der Waals surface area contributed by atoms with E-state index in [0.717, 1.165) is 18.6 Å². The number of hydrogen-bond acceptors (Lipinski definition) is 4. The molecule has 3 rings (SSSR count). The van der Waals surface area contributed by atoms with Gasteiger partial charge < -0.3 is 9.30 Å². The van der Waals surface area contributed by atoms with Crippen molar-refractivity contribution >= 4 is 18.5 Å². The van der Waals surface area contributed by atoms with Gasteiger partial charge in [-0.3, -0.25) is 10.0 Å². The Bertz CT molecular complexity index is 764. The first-order valence-corrected chi connectivity index (χ1v) is 10.1. The lowest BCUT2D eigenvalue weighted by molar-refractivity contribution is -0.129. The standard InChI is InChI=1S/C18H21N2O4P/c21-18(19-22)14-20-12-4-5-13-25(20,23)17-10-8-16(9-11-17)24-15-6-2-1-3-7-15/h1-3,6-11,22H,4-5,12-14H2,(H,19,21). The monoisotopic (exact) mass is 360 g/mol. The molecule has 1 fully saturated rings. The van der Waals surface area contributed by atoms with Gasteiger partial charge in [0.1, 0.15) is 11.5 Å². The van der Waals surface area contributed by atoms with E-state index in [-0.39, 0.29) is 6.54 Å². The van der Waals surface area contributed by atoms with Crippen LogP contribution in [0.15, 0.2) is 54.6 Å². The lowest BCUT2D eigenvalue weighted by Crippen LogP contribution is -2.39. The van der Waals surface area contributed by atoms with Crippen molar-refractivity contribution in [2.24, 2.45) is 0 Å². The molecule has 0 bridgehead atoms. The van der Waals surface area contributed by atoms with Gasteiger partial charge in [-0.05, 0) is 49.2 Å². The van der Waals surface area contributed by atoms with E-state index in [1.165, 1.54) is 0 Å². The molecule has 1 saturated heterocycles. The van der Waals surface area contributed by atoms with Gasteiger partial charge in [0.2, 0.25) is 0 Å². The molecule has 25 heavy (non-hydrogen) atoms. The molecule has 2 N–H and O–H groups in total. The molecule has 2 aromatic carbocycles. The Morgan fingerprint density at radius 1 is 1.08 bits per heavy atom. The van der Waals surface area contributed by atoms with E-state index in [4.69, 9.17) is 9.94 Å². The highest BCUT2D eigenvalue weighted by molar-refractivity contribution is 7.69. The third-order valence-corrected chi connectivity index (χ3v) is 7.54. The SMILES string of the molecule is O=C(CN1CCCCP1(=O)c1ccc(Oc2ccccc2)cc1)NO. The Hall–Kier alpha value is -2.14. The third-order valence-electron chi connectivity index (χ3n) is 4.25. The van der Waals surface area contributed by atoms with E-state index in [2.05, 4.69) is 0 Å². The molecule has 132 valence electrons. The molecule has 0 saturated carbocycles. The highest BCUT2D eigenvalue weighted by Crippen LogP contribution is 2.51. The van der Waals surface area contributed by atoms with Crippen LogP contribution >= 0.6 is 7.29 Å². The molecule has 6 nitrogen and oxygen atoms in total. The summed E-state index contributed by atoms with van der Waals surface area (Å²) in [6.07, 6.45) is 2.28. The Morgan fingerprint density at radius 2 is 1.76 bits per heavy atom. The van der Waals surface area contributed by atoms with E-state index in [0.29, 0.717) is 23.8 Å². The van der Waals surface area contributed by atoms with Crippen molar-refractivity contribution < 1.29 is 19.3 Å². The van der Waals surface area contributed by atoms with E-state index < -0.39 is 13.2 Å². The van der Waals surface area contributed by atoms with Crippen LogP contribution < -0.4 is 15.5 Å². The molecule has 2 aromatic rings. The molecule has 1 aliphatic heterocycles. The van der Waals surface area contributed by atoms with Crippen LogP contribution in [0.3, 0.4) is 0 Å². The average Bonchev–Trinajstić information content (AvgIpc) is 2.65. The normalized spacial score (nSPS) is 20.8. The van der Waals surface area contributed by atoms with Crippen LogP contribution in [0.2, 0.25) is 0 Å². The van der Waals surface area contributed by atoms with Gasteiger partial charge in [-0.1, -0.05) is 18.2 Å². The number of carbonyl (C=O) groups excluding carboxylic acids is 1. The molecule has 0 spiro atoms. The second kappa shape index (κ2) is 7.83. The highest BCUT2D eigenvalue weighted by Gasteiger charge is 2.36. The fourth-order valence-corrected chi connectivity index (χ4v) is 5.94. The van der Waals surface area contributed by atoms with Crippen LogP contribution in [-0.2, 0) is 9.36 Å². The maximum atomic E-state index is 13.5. The van der Waals surface area contributed by atoms with Crippen LogP contribution in [0, 0.1) is 0 Å². The number of nitrogens with one attached hydrogen (secondary N) is 1. The number of ether oxygens (including phenoxy) is 1. The number of hydrogen-bond donors (Lipinski definition) is 2. The van der Waals surface area contributed by atoms with Gasteiger partial charge in [-0.2, -0.15) is 0 Å². The molecule has 1 amide bonds. The van der Waals surface area contributed by atoms with Crippen molar-refractivity contribution in [1.29, 1.82) is 0 Å². The summed E-state index contributed by atoms with van der Waals surface area (Å²) in [6.45, 7) is 0.503. The largest absolute Gasteiger partial charge is 0.457 e. The number of hydroxylamine groups is 1. The zero-order valence-corrected chi connectivity index (χ0v) is 14.7. The summed E-state index contributed by atoms with van der Waals surface area (Å²) in [5, 5.41) is 9.46. The molecular weight excluding hydrogens is 339 g/mol. The van der Waals surface area contributed by atoms with Gasteiger partial charge in [-0.25, -0.2) is 10.2 Å². The molecule has 0 aliphatic carbocycles. The van der Waals surface area contributed by atoms with Crippen molar-refractivity contribution in [1.82, 2.24) is 10.2 Å². The van der Waals surface area contributed by atoms with Gasteiger partial charge in [0, 0.05) is 18.0 Å². The number of nitrogens with zero attached hydrogens (tertiary/aromatic N) is 1. The third kappa shape index (κ3) is 4.10. The molecule has 0 radical (unpaired) electrons. The first-order chi connectivity index (χ1) is 12.1. The second-order valence-electron chi connectivity index (χ2n) is 5.96. The van der Waals surface area contributed by atoms with E-state index in [1.807, 2.05) is 30.3 Å². The maximum absolute atomic E-state index is 13.5. The minimum Gasteiger partial charge on any atom is -0.457 e. The number of carbonyl (C=O) groups is 1. The van der Waals surface area contributed by atoms with E-state index in [9.17, 15) is 9.36 Å². The Morgan fingerprint density at radius 3 is 2.44 bits per heavy atom.